The van der Waals surface area contributed by atoms with Crippen LogP contribution in [0.4, 0.5) is 0 Å². The Hall–Kier alpha value is -2.96. The molecule has 2 saturated heterocycles. The molecule has 3 aromatic rings. The maximum absolute atomic E-state index is 12.6. The van der Waals surface area contributed by atoms with Crippen molar-refractivity contribution in [3.8, 4) is 22.4 Å². The quantitative estimate of drug-likeness (QED) is 0.580. The van der Waals surface area contributed by atoms with E-state index in [0.717, 1.165) is 61.5 Å². The lowest BCUT2D eigenvalue weighted by molar-refractivity contribution is 0.0943. The molecule has 3 aliphatic rings. The van der Waals surface area contributed by atoms with E-state index >= 15 is 0 Å². The highest BCUT2D eigenvalue weighted by atomic mass is 16.1. The number of aromatic nitrogens is 2. The standard InChI is InChI=1S/C29H35N5O/c1-33-15-3-5-23(33)18-30-29(35)20-9-7-19(8-10-20)21-11-13-24-22(17-21)12-14-25-27(24)32-28(31-25)26-6-4-16-34(26)2/h7-11,13,17,23,26H,3-6,12,14-16,18H2,1-2H3,(H,30,35)(H,31,32)/t23-,26-/m0/s1. The van der Waals surface area contributed by atoms with Crippen LogP contribution in [0.3, 0.4) is 0 Å². The Labute approximate surface area is 207 Å². The first-order valence-electron chi connectivity index (χ1n) is 13.1. The molecule has 6 rings (SSSR count). The smallest absolute Gasteiger partial charge is 0.251 e. The number of imidazole rings is 1. The van der Waals surface area contributed by atoms with E-state index in [-0.39, 0.29) is 5.91 Å². The molecule has 2 aliphatic heterocycles. The van der Waals surface area contributed by atoms with Crippen molar-refractivity contribution in [3.05, 3.63) is 65.1 Å². The molecule has 2 atom stereocenters. The first-order valence-corrected chi connectivity index (χ1v) is 13.1. The molecule has 1 aromatic heterocycles. The van der Waals surface area contributed by atoms with Crippen LogP contribution >= 0.6 is 0 Å². The number of rotatable bonds is 5. The summed E-state index contributed by atoms with van der Waals surface area (Å²) in [5.41, 5.74) is 8.08. The van der Waals surface area contributed by atoms with Gasteiger partial charge in [-0.05, 0) is 94.5 Å². The van der Waals surface area contributed by atoms with Crippen molar-refractivity contribution in [2.45, 2.75) is 50.6 Å². The second kappa shape index (κ2) is 9.25. The third kappa shape index (κ3) is 4.30. The number of carbonyl (C=O) groups excluding carboxylic acids is 1. The summed E-state index contributed by atoms with van der Waals surface area (Å²) in [4.78, 5) is 26.1. The van der Waals surface area contributed by atoms with E-state index < -0.39 is 0 Å². The molecule has 1 amide bonds. The van der Waals surface area contributed by atoms with Gasteiger partial charge in [-0.25, -0.2) is 4.98 Å². The van der Waals surface area contributed by atoms with Crippen molar-refractivity contribution in [1.29, 1.82) is 0 Å². The number of nitrogens with one attached hydrogen (secondary N) is 2. The lowest BCUT2D eigenvalue weighted by Crippen LogP contribution is -2.38. The number of aromatic amines is 1. The van der Waals surface area contributed by atoms with Gasteiger partial charge in [-0.1, -0.05) is 30.3 Å². The number of benzene rings is 2. The normalized spacial score (nSPS) is 22.2. The molecular formula is C29H35N5O. The van der Waals surface area contributed by atoms with E-state index in [9.17, 15) is 4.79 Å². The van der Waals surface area contributed by atoms with Gasteiger partial charge in [-0.15, -0.1) is 0 Å². The first-order chi connectivity index (χ1) is 17.1. The largest absolute Gasteiger partial charge is 0.350 e. The maximum atomic E-state index is 12.6. The minimum Gasteiger partial charge on any atom is -0.350 e. The zero-order valence-electron chi connectivity index (χ0n) is 20.8. The molecule has 182 valence electrons. The summed E-state index contributed by atoms with van der Waals surface area (Å²) in [5, 5.41) is 3.11. The van der Waals surface area contributed by atoms with Gasteiger partial charge in [0.25, 0.3) is 5.91 Å². The molecular weight excluding hydrogens is 434 g/mol. The van der Waals surface area contributed by atoms with E-state index in [1.54, 1.807) is 0 Å². The minimum atomic E-state index is 0.0112. The van der Waals surface area contributed by atoms with Crippen molar-refractivity contribution in [3.63, 3.8) is 0 Å². The number of likely N-dealkylation sites (N-methyl/N-ethyl adjacent to an activating group) is 1. The van der Waals surface area contributed by atoms with Gasteiger partial charge >= 0.3 is 0 Å². The Morgan fingerprint density at radius 2 is 1.77 bits per heavy atom. The molecule has 0 saturated carbocycles. The second-order valence-electron chi connectivity index (χ2n) is 10.5. The highest BCUT2D eigenvalue weighted by Gasteiger charge is 2.28. The van der Waals surface area contributed by atoms with E-state index in [0.29, 0.717) is 12.1 Å². The number of aryl methyl sites for hydroxylation is 2. The highest BCUT2D eigenvalue weighted by molar-refractivity contribution is 5.94. The Kier molecular flexibility index (Phi) is 5.94. The third-order valence-corrected chi connectivity index (χ3v) is 8.29. The van der Waals surface area contributed by atoms with Gasteiger partial charge in [-0.2, -0.15) is 0 Å². The van der Waals surface area contributed by atoms with Gasteiger partial charge in [0.15, 0.2) is 0 Å². The van der Waals surface area contributed by atoms with Crippen molar-refractivity contribution in [2.24, 2.45) is 0 Å². The molecule has 0 spiro atoms. The average Bonchev–Trinajstić information content (AvgIpc) is 3.61. The van der Waals surface area contributed by atoms with Crippen LogP contribution in [0.1, 0.15) is 59.2 Å². The third-order valence-electron chi connectivity index (χ3n) is 8.29. The number of hydrogen-bond acceptors (Lipinski definition) is 4. The van der Waals surface area contributed by atoms with Gasteiger partial charge in [0.1, 0.15) is 5.82 Å². The molecule has 2 N–H and O–H groups in total. The Balaban J connectivity index is 1.17. The summed E-state index contributed by atoms with van der Waals surface area (Å²) < 4.78 is 0. The lowest BCUT2D eigenvalue weighted by Gasteiger charge is -2.19. The van der Waals surface area contributed by atoms with Crippen LogP contribution in [0.5, 0.6) is 0 Å². The predicted molar refractivity (Wildman–Crippen MR) is 139 cm³/mol. The number of carbonyl (C=O) groups is 1. The Bertz CT molecular complexity index is 1230. The number of nitrogens with zero attached hydrogens (tertiary/aromatic N) is 3. The van der Waals surface area contributed by atoms with Crippen molar-refractivity contribution < 1.29 is 4.79 Å². The van der Waals surface area contributed by atoms with Crippen LogP contribution in [0.2, 0.25) is 0 Å². The first kappa shape index (κ1) is 22.5. The Morgan fingerprint density at radius 3 is 2.51 bits per heavy atom. The molecule has 0 unspecified atom stereocenters. The number of H-pyrrole nitrogens is 1. The average molecular weight is 470 g/mol. The SMILES string of the molecule is CN1CCC[C@H]1CNC(=O)c1ccc(-c2ccc3c(c2)CCc2[nH]c([C@@H]4CCCN4C)nc2-3)cc1. The summed E-state index contributed by atoms with van der Waals surface area (Å²) in [7, 11) is 4.33. The van der Waals surface area contributed by atoms with Crippen molar-refractivity contribution in [1.82, 2.24) is 25.1 Å². The van der Waals surface area contributed by atoms with Gasteiger partial charge < -0.3 is 15.2 Å². The molecule has 35 heavy (non-hydrogen) atoms. The number of fused-ring (bicyclic) bond motifs is 3. The van der Waals surface area contributed by atoms with Crippen molar-refractivity contribution in [2.75, 3.05) is 33.7 Å². The van der Waals surface area contributed by atoms with Gasteiger partial charge in [0.2, 0.25) is 0 Å². The van der Waals surface area contributed by atoms with Gasteiger partial charge in [-0.3, -0.25) is 9.69 Å². The fraction of sp³-hybridized carbons (Fsp3) is 0.448. The van der Waals surface area contributed by atoms with Crippen LogP contribution in [0, 0.1) is 0 Å². The van der Waals surface area contributed by atoms with E-state index in [1.165, 1.54) is 41.6 Å². The second-order valence-corrected chi connectivity index (χ2v) is 10.5. The van der Waals surface area contributed by atoms with Gasteiger partial charge in [0.05, 0.1) is 11.7 Å². The zero-order valence-corrected chi connectivity index (χ0v) is 20.8. The van der Waals surface area contributed by atoms with E-state index in [1.807, 2.05) is 12.1 Å². The van der Waals surface area contributed by atoms with Crippen molar-refractivity contribution >= 4 is 5.91 Å². The predicted octanol–water partition coefficient (Wildman–Crippen LogP) is 4.43. The molecule has 1 aliphatic carbocycles. The fourth-order valence-corrected chi connectivity index (χ4v) is 6.08. The summed E-state index contributed by atoms with van der Waals surface area (Å²) in [6.45, 7) is 2.99. The summed E-state index contributed by atoms with van der Waals surface area (Å²) in [6, 6.07) is 15.6. The molecule has 0 bridgehead atoms. The molecule has 0 radical (unpaired) electrons. The maximum Gasteiger partial charge on any atom is 0.251 e. The number of likely N-dealkylation sites (tertiary alicyclic amines) is 2. The van der Waals surface area contributed by atoms with Crippen LogP contribution in [-0.4, -0.2) is 65.4 Å². The Morgan fingerprint density at radius 1 is 1.00 bits per heavy atom. The minimum absolute atomic E-state index is 0.0112. The summed E-state index contributed by atoms with van der Waals surface area (Å²) in [6.07, 6.45) is 6.82. The van der Waals surface area contributed by atoms with E-state index in [4.69, 9.17) is 4.98 Å². The molecule has 2 fully saturated rings. The van der Waals surface area contributed by atoms with Crippen LogP contribution in [0.25, 0.3) is 22.4 Å². The topological polar surface area (TPSA) is 64.3 Å². The molecule has 3 heterocycles. The zero-order chi connectivity index (χ0) is 23.9. The lowest BCUT2D eigenvalue weighted by atomic mass is 9.89. The number of amides is 1. The van der Waals surface area contributed by atoms with Gasteiger partial charge in [0, 0.05) is 29.4 Å². The number of hydrogen-bond donors (Lipinski definition) is 2. The fourth-order valence-electron chi connectivity index (χ4n) is 6.08. The molecule has 2 aromatic carbocycles. The highest BCUT2D eigenvalue weighted by Crippen LogP contribution is 2.37. The van der Waals surface area contributed by atoms with Crippen LogP contribution < -0.4 is 5.32 Å². The molecule has 6 heteroatoms. The van der Waals surface area contributed by atoms with E-state index in [2.05, 4.69) is 64.5 Å². The molecule has 6 nitrogen and oxygen atoms in total. The summed E-state index contributed by atoms with van der Waals surface area (Å²) in [5.74, 6) is 1.14. The van der Waals surface area contributed by atoms with Crippen LogP contribution in [0.15, 0.2) is 42.5 Å². The monoisotopic (exact) mass is 469 g/mol. The van der Waals surface area contributed by atoms with Crippen LogP contribution in [-0.2, 0) is 12.8 Å². The summed E-state index contributed by atoms with van der Waals surface area (Å²) >= 11 is 0.